The summed E-state index contributed by atoms with van der Waals surface area (Å²) in [5, 5.41) is 29.1. The second kappa shape index (κ2) is 9.67. The van der Waals surface area contributed by atoms with Crippen molar-refractivity contribution in [3.63, 3.8) is 0 Å². The van der Waals surface area contributed by atoms with Crippen LogP contribution in [0.5, 0.6) is 11.5 Å². The van der Waals surface area contributed by atoms with Crippen molar-refractivity contribution in [1.29, 1.82) is 0 Å². The molecule has 2 heterocycles. The van der Waals surface area contributed by atoms with Gasteiger partial charge in [0.2, 0.25) is 11.6 Å². The lowest BCUT2D eigenvalue weighted by Crippen LogP contribution is -2.27. The molecule has 0 saturated heterocycles. The van der Waals surface area contributed by atoms with E-state index in [9.17, 15) is 9.90 Å². The number of ether oxygens (including phenoxy) is 1. The Bertz CT molecular complexity index is 1070. The number of aromatic nitrogens is 5. The summed E-state index contributed by atoms with van der Waals surface area (Å²) < 4.78 is 10.8. The van der Waals surface area contributed by atoms with E-state index in [1.807, 2.05) is 13.8 Å². The second-order valence-electron chi connectivity index (χ2n) is 6.36. The first kappa shape index (κ1) is 21.7. The molecule has 0 fully saturated rings. The molecule has 0 unspecified atom stereocenters. The molecule has 0 bridgehead atoms. The molecule has 0 radical (unpaired) electrons. The van der Waals surface area contributed by atoms with Crippen LogP contribution < -0.4 is 15.9 Å². The maximum atomic E-state index is 12.9. The molecule has 2 aromatic heterocycles. The van der Waals surface area contributed by atoms with Crippen LogP contribution in [0, 0.1) is 0 Å². The normalized spacial score (nSPS) is 11.4. The number of amides is 1. The third kappa shape index (κ3) is 4.78. The number of benzene rings is 1. The predicted octanol–water partition coefficient (Wildman–Crippen LogP) is 0.552. The number of hydrogen-bond donors (Lipinski definition) is 3. The van der Waals surface area contributed by atoms with E-state index < -0.39 is 5.91 Å². The highest BCUT2D eigenvalue weighted by molar-refractivity contribution is 5.95. The highest BCUT2D eigenvalue weighted by Gasteiger charge is 2.25. The Morgan fingerprint density at radius 3 is 2.77 bits per heavy atom. The van der Waals surface area contributed by atoms with Crippen molar-refractivity contribution in [3.8, 4) is 17.3 Å². The summed E-state index contributed by atoms with van der Waals surface area (Å²) in [4.78, 5) is 15.0. The molecule has 0 spiro atoms. The average Bonchev–Trinajstić information content (AvgIpc) is 3.37. The molecule has 3 rings (SSSR count). The molecule has 0 atom stereocenters. The number of nitrogens with one attached hydrogen (secondary N) is 1. The number of phenols is 1. The van der Waals surface area contributed by atoms with Crippen LogP contribution in [0.4, 0.5) is 5.82 Å². The Hall–Kier alpha value is -4.00. The molecule has 0 aliphatic rings. The van der Waals surface area contributed by atoms with Gasteiger partial charge in [0.05, 0.1) is 13.3 Å². The molecule has 164 valence electrons. The molecule has 0 aliphatic carbocycles. The molecule has 13 nitrogen and oxygen atoms in total. The number of phenolic OH excluding ortho intramolecular Hbond substituents is 1. The SMILES string of the molecule is CCN(CC)Cc1nnn(-c2nonc2N)c1C(=O)NN=Cc1ccc(OC)c(O)c1. The quantitative estimate of drug-likeness (QED) is 0.322. The monoisotopic (exact) mass is 429 g/mol. The number of hydrazone groups is 1. The number of nitrogens with zero attached hydrogens (tertiary/aromatic N) is 7. The fourth-order valence-electron chi connectivity index (χ4n) is 2.80. The average molecular weight is 429 g/mol. The summed E-state index contributed by atoms with van der Waals surface area (Å²) in [6, 6.07) is 4.71. The standard InChI is InChI=1S/C18H23N9O4/c1-4-26(5-2)10-12-15(27(25-21-12)17-16(19)23-31-24-17)18(29)22-20-9-11-6-7-14(30-3)13(28)8-11/h6-9,28H,4-5,10H2,1-3H3,(H2,19,23)(H,22,29). The van der Waals surface area contributed by atoms with E-state index >= 15 is 0 Å². The van der Waals surface area contributed by atoms with Gasteiger partial charge in [-0.2, -0.15) is 9.78 Å². The lowest BCUT2D eigenvalue weighted by Gasteiger charge is -2.16. The van der Waals surface area contributed by atoms with Crippen LogP contribution in [-0.2, 0) is 6.54 Å². The Kier molecular flexibility index (Phi) is 6.77. The van der Waals surface area contributed by atoms with Crippen molar-refractivity contribution in [2.75, 3.05) is 25.9 Å². The van der Waals surface area contributed by atoms with Gasteiger partial charge < -0.3 is 15.6 Å². The number of nitrogens with two attached hydrogens (primary N) is 1. The summed E-state index contributed by atoms with van der Waals surface area (Å²) in [7, 11) is 1.45. The third-order valence-electron chi connectivity index (χ3n) is 4.50. The zero-order valence-corrected chi connectivity index (χ0v) is 17.3. The van der Waals surface area contributed by atoms with Gasteiger partial charge in [0.1, 0.15) is 5.69 Å². The molecule has 31 heavy (non-hydrogen) atoms. The van der Waals surface area contributed by atoms with E-state index in [2.05, 4.69) is 40.7 Å². The summed E-state index contributed by atoms with van der Waals surface area (Å²) in [5.74, 6) is -0.284. The van der Waals surface area contributed by atoms with Gasteiger partial charge in [-0.05, 0) is 47.2 Å². The summed E-state index contributed by atoms with van der Waals surface area (Å²) >= 11 is 0. The van der Waals surface area contributed by atoms with Crippen LogP contribution in [0.3, 0.4) is 0 Å². The first-order valence-corrected chi connectivity index (χ1v) is 9.44. The minimum Gasteiger partial charge on any atom is -0.504 e. The summed E-state index contributed by atoms with van der Waals surface area (Å²) in [5.41, 5.74) is 9.26. The van der Waals surface area contributed by atoms with E-state index in [0.717, 1.165) is 17.8 Å². The van der Waals surface area contributed by atoms with Crippen LogP contribution in [0.1, 0.15) is 35.6 Å². The van der Waals surface area contributed by atoms with Gasteiger partial charge in [0, 0.05) is 6.54 Å². The van der Waals surface area contributed by atoms with Gasteiger partial charge in [-0.25, -0.2) is 10.1 Å². The van der Waals surface area contributed by atoms with E-state index in [1.165, 1.54) is 19.4 Å². The Morgan fingerprint density at radius 2 is 2.16 bits per heavy atom. The van der Waals surface area contributed by atoms with Crippen LogP contribution in [0.2, 0.25) is 0 Å². The van der Waals surface area contributed by atoms with Gasteiger partial charge in [-0.15, -0.1) is 5.10 Å². The number of carbonyl (C=O) groups excluding carboxylic acids is 1. The summed E-state index contributed by atoms with van der Waals surface area (Å²) in [6.45, 7) is 5.91. The zero-order chi connectivity index (χ0) is 22.4. The molecule has 3 aromatic rings. The Morgan fingerprint density at radius 1 is 1.39 bits per heavy atom. The van der Waals surface area contributed by atoms with Crippen LogP contribution in [-0.4, -0.2) is 67.6 Å². The van der Waals surface area contributed by atoms with Gasteiger partial charge >= 0.3 is 0 Å². The lowest BCUT2D eigenvalue weighted by atomic mass is 10.2. The number of hydrogen-bond acceptors (Lipinski definition) is 11. The minimum absolute atomic E-state index is 0.0365. The van der Waals surface area contributed by atoms with Gasteiger partial charge in [-0.1, -0.05) is 19.1 Å². The van der Waals surface area contributed by atoms with Crippen LogP contribution in [0.15, 0.2) is 27.9 Å². The molecular weight excluding hydrogens is 406 g/mol. The maximum Gasteiger partial charge on any atom is 0.292 e. The Balaban J connectivity index is 1.86. The number of aromatic hydroxyl groups is 1. The minimum atomic E-state index is -0.580. The zero-order valence-electron chi connectivity index (χ0n) is 17.3. The van der Waals surface area contributed by atoms with Crippen molar-refractivity contribution >= 4 is 17.9 Å². The van der Waals surface area contributed by atoms with Gasteiger partial charge in [-0.3, -0.25) is 9.69 Å². The van der Waals surface area contributed by atoms with E-state index in [0.29, 0.717) is 23.6 Å². The number of methoxy groups -OCH3 is 1. The number of anilines is 1. The molecule has 0 aliphatic heterocycles. The van der Waals surface area contributed by atoms with Crippen LogP contribution in [0.25, 0.3) is 5.82 Å². The number of carbonyl (C=O) groups is 1. The van der Waals surface area contributed by atoms with E-state index in [1.54, 1.807) is 12.1 Å². The molecule has 0 saturated carbocycles. The Labute approximate surface area is 177 Å². The predicted molar refractivity (Wildman–Crippen MR) is 110 cm³/mol. The maximum absolute atomic E-state index is 12.9. The lowest BCUT2D eigenvalue weighted by molar-refractivity contribution is 0.0945. The molecule has 13 heteroatoms. The molecule has 1 aromatic carbocycles. The third-order valence-corrected chi connectivity index (χ3v) is 4.50. The van der Waals surface area contributed by atoms with Crippen LogP contribution >= 0.6 is 0 Å². The molecule has 4 N–H and O–H groups in total. The smallest absolute Gasteiger partial charge is 0.292 e. The molecular formula is C18H23N9O4. The fraction of sp³-hybridized carbons (Fsp3) is 0.333. The molecule has 1 amide bonds. The van der Waals surface area contributed by atoms with Crippen molar-refractivity contribution in [2.24, 2.45) is 5.10 Å². The summed E-state index contributed by atoms with van der Waals surface area (Å²) in [6.07, 6.45) is 1.38. The van der Waals surface area contributed by atoms with Crippen molar-refractivity contribution in [2.45, 2.75) is 20.4 Å². The number of rotatable bonds is 9. The topological polar surface area (TPSA) is 170 Å². The van der Waals surface area contributed by atoms with Crippen molar-refractivity contribution in [3.05, 3.63) is 35.2 Å². The van der Waals surface area contributed by atoms with Crippen molar-refractivity contribution in [1.82, 2.24) is 35.6 Å². The van der Waals surface area contributed by atoms with E-state index in [-0.39, 0.29) is 23.1 Å². The van der Waals surface area contributed by atoms with E-state index in [4.69, 9.17) is 10.5 Å². The van der Waals surface area contributed by atoms with Gasteiger partial charge in [0.25, 0.3) is 5.91 Å². The largest absolute Gasteiger partial charge is 0.504 e. The first-order chi connectivity index (χ1) is 15.0. The van der Waals surface area contributed by atoms with Gasteiger partial charge in [0.15, 0.2) is 17.2 Å². The number of nitrogen functional groups attached to an aromatic ring is 1. The van der Waals surface area contributed by atoms with Crippen molar-refractivity contribution < 1.29 is 19.3 Å². The highest BCUT2D eigenvalue weighted by Crippen LogP contribution is 2.25. The highest BCUT2D eigenvalue weighted by atomic mass is 16.6. The second-order valence-corrected chi connectivity index (χ2v) is 6.36. The first-order valence-electron chi connectivity index (χ1n) is 9.44. The fourth-order valence-corrected chi connectivity index (χ4v) is 2.80.